The molecule has 0 aliphatic heterocycles. The van der Waals surface area contributed by atoms with E-state index < -0.39 is 47.9 Å². The number of para-hydroxylation sites is 1. The standard InChI is InChI=1S/C28H39N7O5S/c1-4-16(2)24(35-25(36)20(29)9-10-41-3)27(38)33-22(11-17-13-31-21-8-6-5-7-19(17)21)26(37)34-23(28(39)40)12-18-14-30-15-32-18/h5-8,13-16,20,22-24,31H,4,9-12,29H2,1-3H3,(H,30,32)(H,33,38)(H,34,37)(H,35,36)(H,39,40). The average molecular weight is 586 g/mol. The summed E-state index contributed by atoms with van der Waals surface area (Å²) in [6.07, 6.45) is 7.70. The van der Waals surface area contributed by atoms with Crippen LogP contribution in [0.15, 0.2) is 43.0 Å². The molecule has 0 aliphatic carbocycles. The predicted molar refractivity (Wildman–Crippen MR) is 158 cm³/mol. The van der Waals surface area contributed by atoms with Crippen molar-refractivity contribution in [3.63, 3.8) is 0 Å². The molecule has 222 valence electrons. The fraction of sp³-hybridized carbons (Fsp3) is 0.464. The minimum Gasteiger partial charge on any atom is -0.480 e. The van der Waals surface area contributed by atoms with E-state index in [2.05, 4.69) is 30.9 Å². The number of rotatable bonds is 16. The van der Waals surface area contributed by atoms with Crippen LogP contribution in [0, 0.1) is 5.92 Å². The van der Waals surface area contributed by atoms with Crippen molar-refractivity contribution in [1.29, 1.82) is 0 Å². The van der Waals surface area contributed by atoms with Gasteiger partial charge in [-0.25, -0.2) is 9.78 Å². The van der Waals surface area contributed by atoms with Crippen LogP contribution in [-0.4, -0.2) is 79.9 Å². The van der Waals surface area contributed by atoms with Crippen molar-refractivity contribution in [3.05, 3.63) is 54.2 Å². The molecule has 5 unspecified atom stereocenters. The van der Waals surface area contributed by atoms with Gasteiger partial charge in [-0.05, 0) is 36.0 Å². The van der Waals surface area contributed by atoms with E-state index in [0.717, 1.165) is 16.5 Å². The number of carboxylic acid groups (broad SMARTS) is 1. The monoisotopic (exact) mass is 585 g/mol. The second-order valence-electron chi connectivity index (χ2n) is 10.1. The van der Waals surface area contributed by atoms with Crippen molar-refractivity contribution in [2.75, 3.05) is 12.0 Å². The van der Waals surface area contributed by atoms with E-state index >= 15 is 0 Å². The number of carbonyl (C=O) groups excluding carboxylic acids is 3. The highest BCUT2D eigenvalue weighted by molar-refractivity contribution is 7.98. The molecule has 3 rings (SSSR count). The SMILES string of the molecule is CCC(C)C(NC(=O)C(N)CCSC)C(=O)NC(Cc1c[nH]c2ccccc12)C(=O)NC(Cc1cnc[nH]1)C(=O)O. The molecule has 13 heteroatoms. The van der Waals surface area contributed by atoms with Gasteiger partial charge in [-0.15, -0.1) is 0 Å². The summed E-state index contributed by atoms with van der Waals surface area (Å²) in [4.78, 5) is 61.8. The minimum absolute atomic E-state index is 0.0195. The first-order valence-corrected chi connectivity index (χ1v) is 14.9. The summed E-state index contributed by atoms with van der Waals surface area (Å²) in [5.41, 5.74) is 8.20. The Bertz CT molecular complexity index is 1310. The van der Waals surface area contributed by atoms with Gasteiger partial charge >= 0.3 is 5.97 Å². The van der Waals surface area contributed by atoms with Gasteiger partial charge in [0.1, 0.15) is 18.1 Å². The molecular weight excluding hydrogens is 546 g/mol. The Morgan fingerprint density at radius 3 is 2.41 bits per heavy atom. The van der Waals surface area contributed by atoms with Gasteiger partial charge in [-0.2, -0.15) is 11.8 Å². The van der Waals surface area contributed by atoms with Crippen LogP contribution < -0.4 is 21.7 Å². The Morgan fingerprint density at radius 2 is 1.76 bits per heavy atom. The maximum absolute atomic E-state index is 13.6. The Hall–Kier alpha value is -3.84. The number of benzene rings is 1. The zero-order valence-electron chi connectivity index (χ0n) is 23.5. The normalized spacial score (nSPS) is 14.9. The predicted octanol–water partition coefficient (Wildman–Crippen LogP) is 1.34. The zero-order valence-corrected chi connectivity index (χ0v) is 24.3. The first-order valence-electron chi connectivity index (χ1n) is 13.5. The molecular formula is C28H39N7O5S. The molecule has 0 saturated heterocycles. The second-order valence-corrected chi connectivity index (χ2v) is 11.1. The molecule has 12 nitrogen and oxygen atoms in total. The largest absolute Gasteiger partial charge is 0.480 e. The molecule has 0 aliphatic rings. The van der Waals surface area contributed by atoms with Crippen LogP contribution in [0.5, 0.6) is 0 Å². The number of amides is 3. The molecule has 1 aromatic carbocycles. The van der Waals surface area contributed by atoms with E-state index in [4.69, 9.17) is 5.73 Å². The van der Waals surface area contributed by atoms with Crippen LogP contribution >= 0.6 is 11.8 Å². The summed E-state index contributed by atoms with van der Waals surface area (Å²) >= 11 is 1.57. The number of hydrogen-bond donors (Lipinski definition) is 7. The summed E-state index contributed by atoms with van der Waals surface area (Å²) in [6, 6.07) is 3.44. The molecule has 0 saturated carbocycles. The third-order valence-corrected chi connectivity index (χ3v) is 7.73. The second kappa shape index (κ2) is 15.2. The molecule has 2 heterocycles. The fourth-order valence-corrected chi connectivity index (χ4v) is 4.91. The van der Waals surface area contributed by atoms with Gasteiger partial charge in [-0.1, -0.05) is 38.5 Å². The van der Waals surface area contributed by atoms with Crippen molar-refractivity contribution in [2.45, 2.75) is 63.7 Å². The van der Waals surface area contributed by atoms with Gasteiger partial charge in [0.25, 0.3) is 0 Å². The number of aromatic nitrogens is 3. The summed E-state index contributed by atoms with van der Waals surface area (Å²) in [5.74, 6) is -2.44. The Labute approximate surface area is 243 Å². The number of carbonyl (C=O) groups is 4. The number of aliphatic carboxylic acids is 1. The number of carboxylic acids is 1. The quantitative estimate of drug-likeness (QED) is 0.131. The Morgan fingerprint density at radius 1 is 1.02 bits per heavy atom. The van der Waals surface area contributed by atoms with Crippen LogP contribution in [0.1, 0.15) is 37.9 Å². The van der Waals surface area contributed by atoms with Gasteiger partial charge in [0.15, 0.2) is 0 Å². The van der Waals surface area contributed by atoms with Gasteiger partial charge in [-0.3, -0.25) is 14.4 Å². The maximum Gasteiger partial charge on any atom is 0.326 e. The molecule has 41 heavy (non-hydrogen) atoms. The molecule has 0 bridgehead atoms. The van der Waals surface area contributed by atoms with E-state index in [1.807, 2.05) is 44.4 Å². The van der Waals surface area contributed by atoms with E-state index in [1.165, 1.54) is 12.5 Å². The van der Waals surface area contributed by atoms with Crippen LogP contribution in [0.4, 0.5) is 0 Å². The van der Waals surface area contributed by atoms with Crippen molar-refractivity contribution < 1.29 is 24.3 Å². The summed E-state index contributed by atoms with van der Waals surface area (Å²) in [5, 5.41) is 18.8. The van der Waals surface area contributed by atoms with Crippen molar-refractivity contribution >= 4 is 46.4 Å². The van der Waals surface area contributed by atoms with Gasteiger partial charge in [0.2, 0.25) is 17.7 Å². The first-order chi connectivity index (χ1) is 19.6. The first kappa shape index (κ1) is 31.7. The smallest absolute Gasteiger partial charge is 0.326 e. The molecule has 2 aromatic heterocycles. The molecule has 5 atom stereocenters. The lowest BCUT2D eigenvalue weighted by Crippen LogP contribution is -2.59. The number of hydrogen-bond acceptors (Lipinski definition) is 7. The van der Waals surface area contributed by atoms with Gasteiger partial charge in [0, 0.05) is 41.8 Å². The number of fused-ring (bicyclic) bond motifs is 1. The third kappa shape index (κ3) is 8.82. The lowest BCUT2D eigenvalue weighted by atomic mass is 9.96. The molecule has 3 amide bonds. The van der Waals surface area contributed by atoms with E-state index in [1.54, 1.807) is 18.0 Å². The van der Waals surface area contributed by atoms with Crippen molar-refractivity contribution in [3.8, 4) is 0 Å². The minimum atomic E-state index is -1.26. The highest BCUT2D eigenvalue weighted by Gasteiger charge is 2.33. The summed E-state index contributed by atoms with van der Waals surface area (Å²) < 4.78 is 0. The van der Waals surface area contributed by atoms with Crippen LogP contribution in [0.25, 0.3) is 10.9 Å². The lowest BCUT2D eigenvalue weighted by molar-refractivity contribution is -0.142. The average Bonchev–Trinajstić information content (AvgIpc) is 3.63. The lowest BCUT2D eigenvalue weighted by Gasteiger charge is -2.28. The zero-order chi connectivity index (χ0) is 29.9. The molecule has 0 spiro atoms. The topological polar surface area (TPSA) is 195 Å². The van der Waals surface area contributed by atoms with Crippen LogP contribution in [0.3, 0.4) is 0 Å². The maximum atomic E-state index is 13.6. The van der Waals surface area contributed by atoms with Gasteiger partial charge < -0.3 is 36.8 Å². The molecule has 3 aromatic rings. The van der Waals surface area contributed by atoms with Crippen molar-refractivity contribution in [2.24, 2.45) is 11.7 Å². The number of H-pyrrole nitrogens is 2. The van der Waals surface area contributed by atoms with Crippen LogP contribution in [0.2, 0.25) is 0 Å². The number of nitrogens with zero attached hydrogens (tertiary/aromatic N) is 1. The number of nitrogens with two attached hydrogens (primary N) is 1. The highest BCUT2D eigenvalue weighted by atomic mass is 32.2. The van der Waals surface area contributed by atoms with E-state index in [0.29, 0.717) is 24.3 Å². The number of nitrogens with one attached hydrogen (secondary N) is 5. The van der Waals surface area contributed by atoms with E-state index in [-0.39, 0.29) is 18.8 Å². The molecule has 0 fully saturated rings. The summed E-state index contributed by atoms with van der Waals surface area (Å²) in [7, 11) is 0. The Balaban J connectivity index is 1.85. The van der Waals surface area contributed by atoms with Crippen LogP contribution in [-0.2, 0) is 32.0 Å². The summed E-state index contributed by atoms with van der Waals surface area (Å²) in [6.45, 7) is 3.73. The van der Waals surface area contributed by atoms with E-state index in [9.17, 15) is 24.3 Å². The number of imidazole rings is 1. The fourth-order valence-electron chi connectivity index (χ4n) is 4.42. The molecule has 8 N–H and O–H groups in total. The third-order valence-electron chi connectivity index (χ3n) is 7.09. The van der Waals surface area contributed by atoms with Crippen molar-refractivity contribution in [1.82, 2.24) is 30.9 Å². The number of thioether (sulfide) groups is 1. The number of aromatic amines is 2. The molecule has 0 radical (unpaired) electrons. The van der Waals surface area contributed by atoms with Gasteiger partial charge in [0.05, 0.1) is 12.4 Å². The Kier molecular flexibility index (Phi) is 11.8. The highest BCUT2D eigenvalue weighted by Crippen LogP contribution is 2.20.